The van der Waals surface area contributed by atoms with E-state index in [1.807, 2.05) is 61.5 Å². The van der Waals surface area contributed by atoms with Gasteiger partial charge >= 0.3 is 0 Å². The highest BCUT2D eigenvalue weighted by Gasteiger charge is 2.39. The first-order chi connectivity index (χ1) is 14.5. The molecule has 30 heavy (non-hydrogen) atoms. The van der Waals surface area contributed by atoms with Gasteiger partial charge in [-0.3, -0.25) is 0 Å². The second-order valence-corrected chi connectivity index (χ2v) is 9.87. The molecule has 4 nitrogen and oxygen atoms in total. The van der Waals surface area contributed by atoms with Crippen LogP contribution in [-0.2, 0) is 14.8 Å². The molecule has 2 aromatic carbocycles. The van der Waals surface area contributed by atoms with E-state index < -0.39 is 10.0 Å². The van der Waals surface area contributed by atoms with E-state index in [9.17, 15) is 8.42 Å². The summed E-state index contributed by atoms with van der Waals surface area (Å²) in [4.78, 5) is 0.353. The Morgan fingerprint density at radius 2 is 1.73 bits per heavy atom. The number of benzene rings is 2. The fraction of sp³-hybridized carbons (Fsp3) is 0.440. The van der Waals surface area contributed by atoms with E-state index >= 15 is 0 Å². The highest BCUT2D eigenvalue weighted by atomic mass is 32.2. The lowest BCUT2D eigenvalue weighted by Crippen LogP contribution is -2.54. The summed E-state index contributed by atoms with van der Waals surface area (Å²) in [5.41, 5.74) is 2.10. The molecule has 0 saturated carbocycles. The minimum absolute atomic E-state index is 0.146. The quantitative estimate of drug-likeness (QED) is 0.501. The van der Waals surface area contributed by atoms with Crippen molar-refractivity contribution in [1.82, 2.24) is 4.31 Å². The Morgan fingerprint density at radius 3 is 2.43 bits per heavy atom. The summed E-state index contributed by atoms with van der Waals surface area (Å²) in [6.07, 6.45) is 9.25. The van der Waals surface area contributed by atoms with Gasteiger partial charge in [0, 0.05) is 6.04 Å². The van der Waals surface area contributed by atoms with Crippen LogP contribution in [0.2, 0.25) is 0 Å². The Bertz CT molecular complexity index is 907. The van der Waals surface area contributed by atoms with Crippen molar-refractivity contribution in [3.8, 4) is 0 Å². The zero-order valence-electron chi connectivity index (χ0n) is 18.0. The molecule has 0 spiro atoms. The van der Waals surface area contributed by atoms with Crippen molar-refractivity contribution in [3.05, 3.63) is 71.8 Å². The van der Waals surface area contributed by atoms with E-state index in [2.05, 4.69) is 6.92 Å². The summed E-state index contributed by atoms with van der Waals surface area (Å²) in [6.45, 7) is 4.97. The van der Waals surface area contributed by atoms with Gasteiger partial charge in [0.2, 0.25) is 10.0 Å². The number of morpholine rings is 1. The number of aryl methyl sites for hydroxylation is 1. The van der Waals surface area contributed by atoms with Crippen LogP contribution in [0.3, 0.4) is 0 Å². The number of sulfonamides is 1. The molecular weight excluding hydrogens is 394 g/mol. The van der Waals surface area contributed by atoms with E-state index in [1.54, 1.807) is 16.4 Å². The second kappa shape index (κ2) is 10.9. The molecule has 2 aromatic rings. The van der Waals surface area contributed by atoms with Crippen molar-refractivity contribution in [2.75, 3.05) is 13.2 Å². The molecule has 1 aliphatic rings. The Hall–Kier alpha value is -1.95. The predicted octanol–water partition coefficient (Wildman–Crippen LogP) is 5.44. The first-order valence-electron chi connectivity index (χ1n) is 10.9. The smallest absolute Gasteiger partial charge is 0.244 e. The van der Waals surface area contributed by atoms with Crippen LogP contribution in [0.4, 0.5) is 0 Å². The summed E-state index contributed by atoms with van der Waals surface area (Å²) in [5.74, 6) is 0. The third kappa shape index (κ3) is 5.81. The molecule has 2 unspecified atom stereocenters. The zero-order valence-corrected chi connectivity index (χ0v) is 18.9. The molecule has 3 rings (SSSR count). The first kappa shape index (κ1) is 22.7. The van der Waals surface area contributed by atoms with Crippen molar-refractivity contribution < 1.29 is 13.2 Å². The summed E-state index contributed by atoms with van der Waals surface area (Å²) >= 11 is 0. The van der Waals surface area contributed by atoms with Gasteiger partial charge in [0.15, 0.2) is 0 Å². The van der Waals surface area contributed by atoms with Crippen LogP contribution in [0.15, 0.2) is 65.6 Å². The molecule has 1 heterocycles. The number of unbranched alkanes of at least 4 members (excludes halogenated alkanes) is 3. The summed E-state index contributed by atoms with van der Waals surface area (Å²) in [6, 6.07) is 16.6. The van der Waals surface area contributed by atoms with Crippen LogP contribution < -0.4 is 0 Å². The fourth-order valence-corrected chi connectivity index (χ4v) is 5.66. The largest absolute Gasteiger partial charge is 0.378 e. The van der Waals surface area contributed by atoms with Gasteiger partial charge in [-0.25, -0.2) is 8.42 Å². The van der Waals surface area contributed by atoms with Gasteiger partial charge in [-0.1, -0.05) is 92.8 Å². The van der Waals surface area contributed by atoms with Crippen LogP contribution in [0.1, 0.15) is 50.2 Å². The molecular formula is C25H33NO3S. The molecule has 2 atom stereocenters. The Balaban J connectivity index is 1.89. The molecule has 0 bridgehead atoms. The van der Waals surface area contributed by atoms with Crippen molar-refractivity contribution in [1.29, 1.82) is 0 Å². The molecule has 1 fully saturated rings. The van der Waals surface area contributed by atoms with E-state index in [4.69, 9.17) is 4.74 Å². The monoisotopic (exact) mass is 427 g/mol. The SMILES string of the molecule is CCCCCCC1COCC(C=Cc2ccccc2)N1S(=O)(=O)c1ccc(C)cc1. The molecule has 162 valence electrons. The first-order valence-corrected chi connectivity index (χ1v) is 12.4. The van der Waals surface area contributed by atoms with Crippen LogP contribution in [0.25, 0.3) is 6.08 Å². The predicted molar refractivity (Wildman–Crippen MR) is 123 cm³/mol. The lowest BCUT2D eigenvalue weighted by Gasteiger charge is -2.39. The van der Waals surface area contributed by atoms with Gasteiger partial charge in [-0.2, -0.15) is 4.31 Å². The van der Waals surface area contributed by atoms with Gasteiger partial charge in [-0.15, -0.1) is 0 Å². The van der Waals surface area contributed by atoms with E-state index in [0.29, 0.717) is 18.1 Å². The van der Waals surface area contributed by atoms with Gasteiger partial charge in [0.05, 0.1) is 24.2 Å². The van der Waals surface area contributed by atoms with E-state index in [1.165, 1.54) is 6.42 Å². The van der Waals surface area contributed by atoms with Crippen molar-refractivity contribution in [2.45, 2.75) is 62.9 Å². The maximum Gasteiger partial charge on any atom is 0.244 e. The molecule has 0 aromatic heterocycles. The van der Waals surface area contributed by atoms with Crippen LogP contribution >= 0.6 is 0 Å². The number of ether oxygens (including phenoxy) is 1. The van der Waals surface area contributed by atoms with Gasteiger partial charge in [0.1, 0.15) is 0 Å². The van der Waals surface area contributed by atoms with Crippen LogP contribution in [0.5, 0.6) is 0 Å². The third-order valence-corrected chi connectivity index (χ3v) is 7.58. The van der Waals surface area contributed by atoms with Crippen molar-refractivity contribution >= 4 is 16.1 Å². The topological polar surface area (TPSA) is 46.6 Å². The van der Waals surface area contributed by atoms with Gasteiger partial charge in [0.25, 0.3) is 0 Å². The molecule has 1 saturated heterocycles. The van der Waals surface area contributed by atoms with Crippen molar-refractivity contribution in [3.63, 3.8) is 0 Å². The summed E-state index contributed by atoms with van der Waals surface area (Å²) in [7, 11) is -3.62. The average molecular weight is 428 g/mol. The lowest BCUT2D eigenvalue weighted by molar-refractivity contribution is 0.00578. The fourth-order valence-electron chi connectivity index (χ4n) is 3.89. The van der Waals surface area contributed by atoms with Crippen molar-refractivity contribution in [2.24, 2.45) is 0 Å². The maximum atomic E-state index is 13.7. The summed E-state index contributed by atoms with van der Waals surface area (Å²) in [5, 5.41) is 0. The zero-order chi connectivity index (χ0) is 21.4. The van der Waals surface area contributed by atoms with Gasteiger partial charge in [-0.05, 0) is 31.0 Å². The standard InChI is InChI=1S/C25H33NO3S/c1-3-4-5-9-12-23-19-29-20-24(16-15-22-10-7-6-8-11-22)26(23)30(27,28)25-17-13-21(2)14-18-25/h6-8,10-11,13-18,23-24H,3-5,9,12,19-20H2,1-2H3. The number of hydrogen-bond acceptors (Lipinski definition) is 3. The molecule has 5 heteroatoms. The highest BCUT2D eigenvalue weighted by molar-refractivity contribution is 7.89. The lowest BCUT2D eigenvalue weighted by atomic mass is 10.0. The minimum Gasteiger partial charge on any atom is -0.378 e. The number of nitrogens with zero attached hydrogens (tertiary/aromatic N) is 1. The normalized spacial score (nSPS) is 20.6. The van der Waals surface area contributed by atoms with Crippen LogP contribution in [-0.4, -0.2) is 38.0 Å². The van der Waals surface area contributed by atoms with E-state index in [-0.39, 0.29) is 12.1 Å². The summed E-state index contributed by atoms with van der Waals surface area (Å²) < 4.78 is 34.9. The Morgan fingerprint density at radius 1 is 1.00 bits per heavy atom. The Labute approximate surface area is 181 Å². The third-order valence-electron chi connectivity index (χ3n) is 5.58. The second-order valence-electron chi connectivity index (χ2n) is 8.03. The molecule has 0 aliphatic carbocycles. The van der Waals surface area contributed by atoms with Gasteiger partial charge < -0.3 is 4.74 Å². The number of hydrogen-bond donors (Lipinski definition) is 0. The Kier molecular flexibility index (Phi) is 8.25. The van der Waals surface area contributed by atoms with E-state index in [0.717, 1.165) is 36.8 Å². The molecule has 0 amide bonds. The maximum absolute atomic E-state index is 13.7. The molecule has 0 N–H and O–H groups in total. The molecule has 1 aliphatic heterocycles. The highest BCUT2D eigenvalue weighted by Crippen LogP contribution is 2.28. The number of rotatable bonds is 9. The average Bonchev–Trinajstić information content (AvgIpc) is 2.76. The van der Waals surface area contributed by atoms with Crippen LogP contribution in [0, 0.1) is 6.92 Å². The molecule has 0 radical (unpaired) electrons. The minimum atomic E-state index is -3.62.